The molecule has 1 aliphatic carbocycles. The molecule has 0 aromatic heterocycles. The number of hydrogen-bond donors (Lipinski definition) is 0. The second kappa shape index (κ2) is 10.0. The smallest absolute Gasteiger partial charge is 0.316 e. The zero-order chi connectivity index (χ0) is 23.0. The van der Waals surface area contributed by atoms with Gasteiger partial charge in [-0.15, -0.1) is 0 Å². The van der Waals surface area contributed by atoms with Crippen LogP contribution in [0.2, 0.25) is 15.1 Å². The molecule has 0 amide bonds. The monoisotopic (exact) mass is 559 g/mol. The highest BCUT2D eigenvalue weighted by atomic mass is 79.9. The van der Waals surface area contributed by atoms with E-state index >= 15 is 0 Å². The summed E-state index contributed by atoms with van der Waals surface area (Å²) in [4.78, 5) is 18.2. The van der Waals surface area contributed by atoms with Crippen molar-refractivity contribution in [3.8, 4) is 0 Å². The Bertz CT molecular complexity index is 1050. The molecule has 0 bridgehead atoms. The predicted molar refractivity (Wildman–Crippen MR) is 131 cm³/mol. The van der Waals surface area contributed by atoms with E-state index in [4.69, 9.17) is 39.5 Å². The summed E-state index contributed by atoms with van der Waals surface area (Å²) >= 11 is 21.9. The van der Waals surface area contributed by atoms with Crippen LogP contribution in [0.15, 0.2) is 39.8 Å². The number of esters is 1. The third-order valence-electron chi connectivity index (χ3n) is 6.23. The maximum absolute atomic E-state index is 13.8. The largest absolute Gasteiger partial charge is 0.462 e. The Balaban J connectivity index is 1.69. The van der Waals surface area contributed by atoms with Crippen LogP contribution in [0.25, 0.3) is 0 Å². The van der Waals surface area contributed by atoms with E-state index in [1.54, 1.807) is 24.3 Å². The molecule has 170 valence electrons. The van der Waals surface area contributed by atoms with Gasteiger partial charge < -0.3 is 4.74 Å². The molecule has 2 aliphatic rings. The summed E-state index contributed by atoms with van der Waals surface area (Å²) in [6.45, 7) is 2.54. The highest BCUT2D eigenvalue weighted by Crippen LogP contribution is 2.41. The first-order valence-corrected chi connectivity index (χ1v) is 12.5. The van der Waals surface area contributed by atoms with Gasteiger partial charge in [-0.05, 0) is 76.5 Å². The van der Waals surface area contributed by atoms with Crippen LogP contribution in [0.3, 0.4) is 0 Å². The number of ether oxygens (including phenoxy) is 1. The molecule has 0 radical (unpaired) electrons. The number of hydrogen-bond acceptors (Lipinski definition) is 3. The van der Waals surface area contributed by atoms with Crippen LogP contribution in [0.4, 0.5) is 4.39 Å². The van der Waals surface area contributed by atoms with Crippen molar-refractivity contribution in [2.45, 2.75) is 44.6 Å². The second-order valence-electron chi connectivity index (χ2n) is 8.57. The quantitative estimate of drug-likeness (QED) is 0.281. The lowest BCUT2D eigenvalue weighted by atomic mass is 9.83. The van der Waals surface area contributed by atoms with Crippen molar-refractivity contribution in [1.82, 2.24) is 0 Å². The average Bonchev–Trinajstić information content (AvgIpc) is 3.19. The van der Waals surface area contributed by atoms with Crippen molar-refractivity contribution in [3.05, 3.63) is 66.8 Å². The summed E-state index contributed by atoms with van der Waals surface area (Å²) < 4.78 is 20.1. The minimum atomic E-state index is -0.655. The van der Waals surface area contributed by atoms with E-state index in [1.165, 1.54) is 6.07 Å². The van der Waals surface area contributed by atoms with Crippen LogP contribution in [0, 0.1) is 17.7 Å². The van der Waals surface area contributed by atoms with Crippen LogP contribution >= 0.6 is 50.7 Å². The maximum atomic E-state index is 13.8. The number of rotatable bonds is 4. The first-order chi connectivity index (χ1) is 15.2. The van der Waals surface area contributed by atoms with Crippen molar-refractivity contribution in [3.63, 3.8) is 0 Å². The summed E-state index contributed by atoms with van der Waals surface area (Å²) in [7, 11) is 0. The Morgan fingerprint density at radius 3 is 2.53 bits per heavy atom. The number of aliphatic imine (C=N–C) groups is 1. The van der Waals surface area contributed by atoms with E-state index in [0.717, 1.165) is 31.2 Å². The standard InChI is InChI=1S/C24H22BrCl3FNO2/c1-12-3-2-4-15(7-12)32-24(31)21-16(14-9-18(26)22(28)19(27)10-14)11-30-23(21)13-5-6-20(29)17(25)8-13/h5-6,8-10,12,15-16,21H,2-4,7,11H2,1H3. The third kappa shape index (κ3) is 5.01. The number of carbonyl (C=O) groups is 1. The Labute approximate surface area is 210 Å². The lowest BCUT2D eigenvalue weighted by Crippen LogP contribution is -2.34. The summed E-state index contributed by atoms with van der Waals surface area (Å²) in [6, 6.07) is 8.08. The van der Waals surface area contributed by atoms with Crippen LogP contribution in [-0.4, -0.2) is 24.3 Å². The van der Waals surface area contributed by atoms with Gasteiger partial charge in [0.15, 0.2) is 0 Å². The van der Waals surface area contributed by atoms with Crippen molar-refractivity contribution in [2.75, 3.05) is 6.54 Å². The molecule has 4 atom stereocenters. The normalized spacial score (nSPS) is 25.5. The van der Waals surface area contributed by atoms with E-state index < -0.39 is 5.92 Å². The SMILES string of the molecule is CC1CCCC(OC(=O)C2C(c3ccc(F)c(Br)c3)=NCC2c2cc(Cl)c(Cl)c(Cl)c2)C1. The summed E-state index contributed by atoms with van der Waals surface area (Å²) in [6.07, 6.45) is 3.81. The molecule has 1 saturated carbocycles. The number of halogens is 5. The van der Waals surface area contributed by atoms with Gasteiger partial charge >= 0.3 is 5.97 Å². The zero-order valence-electron chi connectivity index (χ0n) is 17.4. The van der Waals surface area contributed by atoms with Crippen LogP contribution in [0.5, 0.6) is 0 Å². The van der Waals surface area contributed by atoms with Crippen molar-refractivity contribution >= 4 is 62.4 Å². The molecular weight excluding hydrogens is 540 g/mol. The Morgan fingerprint density at radius 1 is 1.16 bits per heavy atom. The molecule has 3 nitrogen and oxygen atoms in total. The number of benzene rings is 2. The topological polar surface area (TPSA) is 38.7 Å². The highest BCUT2D eigenvalue weighted by molar-refractivity contribution is 9.10. The fourth-order valence-corrected chi connectivity index (χ4v) is 5.60. The van der Waals surface area contributed by atoms with Crippen molar-refractivity contribution < 1.29 is 13.9 Å². The average molecular weight is 562 g/mol. The molecule has 0 N–H and O–H groups in total. The molecule has 1 heterocycles. The second-order valence-corrected chi connectivity index (χ2v) is 10.6. The highest BCUT2D eigenvalue weighted by Gasteiger charge is 2.41. The Hall–Kier alpha value is -1.14. The Kier molecular flexibility index (Phi) is 7.50. The van der Waals surface area contributed by atoms with Gasteiger partial charge in [-0.2, -0.15) is 0 Å². The molecule has 32 heavy (non-hydrogen) atoms. The summed E-state index contributed by atoms with van der Waals surface area (Å²) in [5.41, 5.74) is 2.01. The fourth-order valence-electron chi connectivity index (χ4n) is 4.60. The molecular formula is C24H22BrCl3FNO2. The predicted octanol–water partition coefficient (Wildman–Crippen LogP) is 7.87. The molecule has 1 aliphatic heterocycles. The van der Waals surface area contributed by atoms with Crippen LogP contribution in [0.1, 0.15) is 49.7 Å². The molecule has 2 aromatic rings. The van der Waals surface area contributed by atoms with Crippen LogP contribution in [-0.2, 0) is 9.53 Å². The lowest BCUT2D eigenvalue weighted by molar-refractivity contribution is -0.154. The maximum Gasteiger partial charge on any atom is 0.316 e. The third-order valence-corrected chi connectivity index (χ3v) is 8.03. The van der Waals surface area contributed by atoms with Gasteiger partial charge in [0.25, 0.3) is 0 Å². The molecule has 0 saturated heterocycles. The van der Waals surface area contributed by atoms with E-state index in [9.17, 15) is 9.18 Å². The van der Waals surface area contributed by atoms with E-state index in [0.29, 0.717) is 38.3 Å². The Morgan fingerprint density at radius 2 is 1.88 bits per heavy atom. The van der Waals surface area contributed by atoms with Crippen molar-refractivity contribution in [1.29, 1.82) is 0 Å². The lowest BCUT2D eigenvalue weighted by Gasteiger charge is -2.29. The first-order valence-electron chi connectivity index (χ1n) is 10.6. The molecule has 8 heteroatoms. The van der Waals surface area contributed by atoms with E-state index in [2.05, 4.69) is 27.8 Å². The van der Waals surface area contributed by atoms with Gasteiger partial charge in [-0.25, -0.2) is 4.39 Å². The zero-order valence-corrected chi connectivity index (χ0v) is 21.2. The van der Waals surface area contributed by atoms with Gasteiger partial charge in [0.2, 0.25) is 0 Å². The summed E-state index contributed by atoms with van der Waals surface area (Å²) in [5.74, 6) is -1.15. The molecule has 4 rings (SSSR count). The molecule has 0 spiro atoms. The van der Waals surface area contributed by atoms with Crippen LogP contribution < -0.4 is 0 Å². The molecule has 4 unspecified atom stereocenters. The van der Waals surface area contributed by atoms with Gasteiger partial charge in [0.1, 0.15) is 17.8 Å². The van der Waals surface area contributed by atoms with E-state index in [1.807, 2.05) is 0 Å². The fraction of sp³-hybridized carbons (Fsp3) is 0.417. The van der Waals surface area contributed by atoms with E-state index in [-0.39, 0.29) is 28.8 Å². The van der Waals surface area contributed by atoms with Gasteiger partial charge in [0.05, 0.1) is 25.3 Å². The number of carbonyl (C=O) groups excluding carboxylic acids is 1. The number of nitrogens with zero attached hydrogens (tertiary/aromatic N) is 1. The molecule has 2 aromatic carbocycles. The molecule has 1 fully saturated rings. The summed E-state index contributed by atoms with van der Waals surface area (Å²) in [5, 5.41) is 0.912. The first kappa shape index (κ1) is 24.0. The minimum absolute atomic E-state index is 0.105. The minimum Gasteiger partial charge on any atom is -0.462 e. The van der Waals surface area contributed by atoms with Gasteiger partial charge in [0, 0.05) is 12.5 Å². The van der Waals surface area contributed by atoms with Gasteiger partial charge in [-0.3, -0.25) is 9.79 Å². The van der Waals surface area contributed by atoms with Gasteiger partial charge in [-0.1, -0.05) is 54.2 Å². The van der Waals surface area contributed by atoms with Crippen molar-refractivity contribution in [2.24, 2.45) is 16.8 Å².